The van der Waals surface area contributed by atoms with E-state index in [4.69, 9.17) is 4.98 Å². The van der Waals surface area contributed by atoms with Gasteiger partial charge in [-0.05, 0) is 48.9 Å². The van der Waals surface area contributed by atoms with Crippen LogP contribution in [0.4, 0.5) is 0 Å². The number of carboxylic acids is 1. The molecule has 2 atom stereocenters. The Bertz CT molecular complexity index is 754. The summed E-state index contributed by atoms with van der Waals surface area (Å²) in [5.74, 6) is -0.00273. The van der Waals surface area contributed by atoms with Crippen LogP contribution in [0.2, 0.25) is 0 Å². The van der Waals surface area contributed by atoms with Gasteiger partial charge in [-0.1, -0.05) is 29.8 Å². The molecule has 1 aliphatic carbocycles. The van der Waals surface area contributed by atoms with Crippen LogP contribution >= 0.6 is 15.9 Å². The van der Waals surface area contributed by atoms with Crippen molar-refractivity contribution in [1.82, 2.24) is 4.98 Å². The lowest BCUT2D eigenvalue weighted by molar-refractivity contribution is 0.0697. The Balaban J connectivity index is 2.44. The second-order valence-corrected chi connectivity index (χ2v) is 6.99. The number of aryl methyl sites for hydroxylation is 1. The standard InChI is InChI=1S/C17H18BrNO2/c1-8-4-5-12-14(17(20)21)13-7-11(18)6-9(2)15(13)19-16(12)10(8)3/h6-8,10H,4-5H2,1-3H3,(H,20,21). The van der Waals surface area contributed by atoms with Crippen LogP contribution in [0.15, 0.2) is 16.6 Å². The van der Waals surface area contributed by atoms with E-state index in [1.165, 1.54) is 0 Å². The number of pyridine rings is 1. The van der Waals surface area contributed by atoms with Crippen molar-refractivity contribution < 1.29 is 9.90 Å². The number of carbonyl (C=O) groups is 1. The van der Waals surface area contributed by atoms with E-state index < -0.39 is 5.97 Å². The Morgan fingerprint density at radius 1 is 1.38 bits per heavy atom. The first kappa shape index (κ1) is 14.5. The zero-order valence-electron chi connectivity index (χ0n) is 12.4. The third-order valence-electron chi connectivity index (χ3n) is 4.73. The fourth-order valence-corrected chi connectivity index (χ4v) is 3.89. The van der Waals surface area contributed by atoms with E-state index in [1.54, 1.807) is 0 Å². The zero-order valence-corrected chi connectivity index (χ0v) is 14.0. The lowest BCUT2D eigenvalue weighted by Gasteiger charge is -2.29. The molecule has 1 aliphatic rings. The van der Waals surface area contributed by atoms with Gasteiger partial charge in [0.15, 0.2) is 0 Å². The van der Waals surface area contributed by atoms with Crippen LogP contribution in [-0.4, -0.2) is 16.1 Å². The Morgan fingerprint density at radius 2 is 2.10 bits per heavy atom. The van der Waals surface area contributed by atoms with Gasteiger partial charge in [0.2, 0.25) is 0 Å². The van der Waals surface area contributed by atoms with Crippen LogP contribution < -0.4 is 0 Å². The van der Waals surface area contributed by atoms with Gasteiger partial charge in [0.05, 0.1) is 11.1 Å². The molecule has 0 aliphatic heterocycles. The maximum atomic E-state index is 11.9. The van der Waals surface area contributed by atoms with Crippen molar-refractivity contribution in [2.24, 2.45) is 5.92 Å². The quantitative estimate of drug-likeness (QED) is 0.813. The number of benzene rings is 1. The number of fused-ring (bicyclic) bond motifs is 2. The summed E-state index contributed by atoms with van der Waals surface area (Å²) in [5, 5.41) is 10.5. The van der Waals surface area contributed by atoms with E-state index in [0.717, 1.165) is 45.0 Å². The minimum atomic E-state index is -0.849. The van der Waals surface area contributed by atoms with E-state index in [9.17, 15) is 9.90 Å². The van der Waals surface area contributed by atoms with Crippen molar-refractivity contribution >= 4 is 32.8 Å². The summed E-state index contributed by atoms with van der Waals surface area (Å²) in [6, 6.07) is 3.87. The van der Waals surface area contributed by atoms with Crippen LogP contribution in [0.25, 0.3) is 10.9 Å². The van der Waals surface area contributed by atoms with Gasteiger partial charge in [0, 0.05) is 21.5 Å². The molecular weight excluding hydrogens is 330 g/mol. The van der Waals surface area contributed by atoms with Gasteiger partial charge in [0.25, 0.3) is 0 Å². The summed E-state index contributed by atoms with van der Waals surface area (Å²) in [7, 11) is 0. The molecule has 1 heterocycles. The summed E-state index contributed by atoms with van der Waals surface area (Å²) in [6.45, 7) is 6.35. The third kappa shape index (κ3) is 2.26. The Hall–Kier alpha value is -1.42. The van der Waals surface area contributed by atoms with Gasteiger partial charge in [-0.2, -0.15) is 0 Å². The number of aromatic nitrogens is 1. The predicted molar refractivity (Wildman–Crippen MR) is 87.0 cm³/mol. The maximum absolute atomic E-state index is 11.9. The fourth-order valence-electron chi connectivity index (χ4n) is 3.32. The van der Waals surface area contributed by atoms with Gasteiger partial charge in [-0.15, -0.1) is 0 Å². The molecule has 3 nitrogen and oxygen atoms in total. The van der Waals surface area contributed by atoms with Crippen LogP contribution in [0, 0.1) is 12.8 Å². The van der Waals surface area contributed by atoms with Crippen LogP contribution in [0.5, 0.6) is 0 Å². The molecule has 1 aromatic heterocycles. The number of rotatable bonds is 1. The molecule has 2 unspecified atom stereocenters. The summed E-state index contributed by atoms with van der Waals surface area (Å²) >= 11 is 3.46. The molecule has 0 saturated heterocycles. The second-order valence-electron chi connectivity index (χ2n) is 6.08. The number of hydrogen-bond donors (Lipinski definition) is 1. The highest BCUT2D eigenvalue weighted by atomic mass is 79.9. The third-order valence-corrected chi connectivity index (χ3v) is 5.18. The van der Waals surface area contributed by atoms with Gasteiger partial charge in [0.1, 0.15) is 0 Å². The maximum Gasteiger partial charge on any atom is 0.336 e. The van der Waals surface area contributed by atoms with Crippen LogP contribution in [0.1, 0.15) is 53.4 Å². The Morgan fingerprint density at radius 3 is 2.76 bits per heavy atom. The van der Waals surface area contributed by atoms with Crippen molar-refractivity contribution in [3.8, 4) is 0 Å². The summed E-state index contributed by atoms with van der Waals surface area (Å²) in [6.07, 6.45) is 1.82. The molecule has 0 saturated carbocycles. The SMILES string of the molecule is Cc1cc(Br)cc2c(C(=O)O)c3c(nc12)C(C)C(C)CC3. The highest BCUT2D eigenvalue weighted by Gasteiger charge is 2.30. The van der Waals surface area contributed by atoms with Crippen molar-refractivity contribution in [3.05, 3.63) is 39.0 Å². The van der Waals surface area contributed by atoms with Crippen LogP contribution in [-0.2, 0) is 6.42 Å². The monoisotopic (exact) mass is 347 g/mol. The average Bonchev–Trinajstić information content (AvgIpc) is 2.41. The molecule has 1 N–H and O–H groups in total. The number of aromatic carboxylic acids is 1. The molecule has 0 spiro atoms. The first-order chi connectivity index (χ1) is 9.90. The first-order valence-corrected chi connectivity index (χ1v) is 8.05. The molecule has 3 rings (SSSR count). The second kappa shape index (κ2) is 5.09. The lowest BCUT2D eigenvalue weighted by Crippen LogP contribution is -2.21. The molecule has 4 heteroatoms. The molecule has 1 aromatic carbocycles. The van der Waals surface area contributed by atoms with E-state index in [-0.39, 0.29) is 0 Å². The number of nitrogens with zero attached hydrogens (tertiary/aromatic N) is 1. The average molecular weight is 348 g/mol. The van der Waals surface area contributed by atoms with Gasteiger partial charge < -0.3 is 5.11 Å². The largest absolute Gasteiger partial charge is 0.478 e. The van der Waals surface area contributed by atoms with Gasteiger partial charge in [-0.25, -0.2) is 4.79 Å². The smallest absolute Gasteiger partial charge is 0.336 e. The molecule has 0 amide bonds. The normalized spacial score (nSPS) is 21.3. The summed E-state index contributed by atoms with van der Waals surface area (Å²) in [4.78, 5) is 16.7. The summed E-state index contributed by atoms with van der Waals surface area (Å²) < 4.78 is 0.897. The predicted octanol–water partition coefficient (Wildman–Crippen LogP) is 4.69. The number of carboxylic acid groups (broad SMARTS) is 1. The van der Waals surface area contributed by atoms with E-state index in [1.807, 2.05) is 19.1 Å². The van der Waals surface area contributed by atoms with E-state index in [0.29, 0.717) is 17.4 Å². The highest BCUT2D eigenvalue weighted by molar-refractivity contribution is 9.10. The lowest BCUT2D eigenvalue weighted by atomic mass is 9.77. The number of hydrogen-bond acceptors (Lipinski definition) is 2. The molecule has 0 radical (unpaired) electrons. The molecule has 0 bridgehead atoms. The molecule has 2 aromatic rings. The van der Waals surface area contributed by atoms with Crippen molar-refractivity contribution in [3.63, 3.8) is 0 Å². The minimum Gasteiger partial charge on any atom is -0.478 e. The van der Waals surface area contributed by atoms with Crippen LogP contribution in [0.3, 0.4) is 0 Å². The van der Waals surface area contributed by atoms with E-state index in [2.05, 4.69) is 29.8 Å². The molecule has 21 heavy (non-hydrogen) atoms. The number of halogens is 1. The Labute approximate surface area is 132 Å². The minimum absolute atomic E-state index is 0.305. The fraction of sp³-hybridized carbons (Fsp3) is 0.412. The van der Waals surface area contributed by atoms with Crippen molar-refractivity contribution in [2.75, 3.05) is 0 Å². The molecule has 0 fully saturated rings. The highest BCUT2D eigenvalue weighted by Crippen LogP contribution is 2.39. The zero-order chi connectivity index (χ0) is 15.3. The molecular formula is C17H18BrNO2. The van der Waals surface area contributed by atoms with Crippen molar-refractivity contribution in [1.29, 1.82) is 0 Å². The van der Waals surface area contributed by atoms with Crippen molar-refractivity contribution in [2.45, 2.75) is 39.5 Å². The van der Waals surface area contributed by atoms with Gasteiger partial charge >= 0.3 is 5.97 Å². The Kier molecular flexibility index (Phi) is 3.52. The molecule has 110 valence electrons. The summed E-state index contributed by atoms with van der Waals surface area (Å²) in [5.41, 5.74) is 4.17. The van der Waals surface area contributed by atoms with E-state index >= 15 is 0 Å². The topological polar surface area (TPSA) is 50.2 Å². The first-order valence-electron chi connectivity index (χ1n) is 7.26. The van der Waals surface area contributed by atoms with Gasteiger partial charge in [-0.3, -0.25) is 4.98 Å².